The molecule has 19 heavy (non-hydrogen) atoms. The number of anilines is 2. The summed E-state index contributed by atoms with van der Waals surface area (Å²) >= 11 is 0. The van der Waals surface area contributed by atoms with Crippen LogP contribution in [0.3, 0.4) is 0 Å². The molecule has 0 saturated carbocycles. The second kappa shape index (κ2) is 4.52. The molecule has 1 aromatic carbocycles. The topological polar surface area (TPSA) is 88.9 Å². The SMILES string of the molecule is O=C(Cn1cncn1)Nc1ccc2c(c1)CC(=O)N2. The lowest BCUT2D eigenvalue weighted by Crippen LogP contribution is -2.19. The molecule has 7 heteroatoms. The van der Waals surface area contributed by atoms with Crippen molar-refractivity contribution < 1.29 is 9.59 Å². The molecule has 1 aliphatic heterocycles. The molecule has 96 valence electrons. The Hall–Kier alpha value is -2.70. The van der Waals surface area contributed by atoms with Crippen LogP contribution in [0.4, 0.5) is 11.4 Å². The number of amides is 2. The largest absolute Gasteiger partial charge is 0.326 e. The lowest BCUT2D eigenvalue weighted by molar-refractivity contribution is -0.117. The fraction of sp³-hybridized carbons (Fsp3) is 0.167. The summed E-state index contributed by atoms with van der Waals surface area (Å²) in [6, 6.07) is 5.33. The van der Waals surface area contributed by atoms with Gasteiger partial charge in [0.1, 0.15) is 19.2 Å². The van der Waals surface area contributed by atoms with Gasteiger partial charge in [-0.1, -0.05) is 0 Å². The molecule has 7 nitrogen and oxygen atoms in total. The Balaban J connectivity index is 1.69. The zero-order valence-electron chi connectivity index (χ0n) is 9.96. The second-order valence-corrected chi connectivity index (χ2v) is 4.24. The molecule has 0 fully saturated rings. The highest BCUT2D eigenvalue weighted by atomic mass is 16.2. The van der Waals surface area contributed by atoms with Crippen LogP contribution in [0.2, 0.25) is 0 Å². The number of rotatable bonds is 3. The van der Waals surface area contributed by atoms with E-state index in [0.29, 0.717) is 12.1 Å². The van der Waals surface area contributed by atoms with Gasteiger partial charge in [0.15, 0.2) is 0 Å². The standard InChI is InChI=1S/C12H11N5O2/c18-11-4-8-3-9(1-2-10(8)16-11)15-12(19)5-17-7-13-6-14-17/h1-3,6-7H,4-5H2,(H,15,19)(H,16,18). The third kappa shape index (κ3) is 2.44. The fourth-order valence-corrected chi connectivity index (χ4v) is 1.97. The van der Waals surface area contributed by atoms with Gasteiger partial charge >= 0.3 is 0 Å². The first-order chi connectivity index (χ1) is 9.20. The first kappa shape index (κ1) is 11.4. The molecule has 0 saturated heterocycles. The lowest BCUT2D eigenvalue weighted by Gasteiger charge is -2.06. The van der Waals surface area contributed by atoms with E-state index in [1.165, 1.54) is 17.3 Å². The maximum Gasteiger partial charge on any atom is 0.246 e. The molecule has 0 unspecified atom stereocenters. The van der Waals surface area contributed by atoms with E-state index in [0.717, 1.165) is 11.3 Å². The summed E-state index contributed by atoms with van der Waals surface area (Å²) in [7, 11) is 0. The quantitative estimate of drug-likeness (QED) is 0.833. The number of benzene rings is 1. The van der Waals surface area contributed by atoms with Crippen molar-refractivity contribution in [1.82, 2.24) is 14.8 Å². The zero-order valence-corrected chi connectivity index (χ0v) is 9.96. The Morgan fingerprint density at radius 3 is 3.16 bits per heavy atom. The number of nitrogens with zero attached hydrogens (tertiary/aromatic N) is 3. The summed E-state index contributed by atoms with van der Waals surface area (Å²) in [6.07, 6.45) is 3.20. The molecule has 3 rings (SSSR count). The predicted molar refractivity (Wildman–Crippen MR) is 67.4 cm³/mol. The van der Waals surface area contributed by atoms with E-state index in [9.17, 15) is 9.59 Å². The van der Waals surface area contributed by atoms with Gasteiger partial charge in [-0.15, -0.1) is 0 Å². The first-order valence-electron chi connectivity index (χ1n) is 5.76. The summed E-state index contributed by atoms with van der Waals surface area (Å²) in [6.45, 7) is 0.105. The van der Waals surface area contributed by atoms with Crippen molar-refractivity contribution in [2.75, 3.05) is 10.6 Å². The summed E-state index contributed by atoms with van der Waals surface area (Å²) in [5.41, 5.74) is 2.36. The summed E-state index contributed by atoms with van der Waals surface area (Å²) in [5.74, 6) is -0.219. The molecule has 0 spiro atoms. The number of carbonyl (C=O) groups excluding carboxylic acids is 2. The maximum absolute atomic E-state index is 11.8. The summed E-state index contributed by atoms with van der Waals surface area (Å²) < 4.78 is 1.44. The van der Waals surface area contributed by atoms with Gasteiger partial charge in [-0.2, -0.15) is 5.10 Å². The summed E-state index contributed by atoms with van der Waals surface area (Å²) in [5, 5.41) is 9.35. The Morgan fingerprint density at radius 1 is 1.47 bits per heavy atom. The molecule has 2 aromatic rings. The Bertz CT molecular complexity index is 636. The Morgan fingerprint density at radius 2 is 2.37 bits per heavy atom. The maximum atomic E-state index is 11.8. The normalized spacial score (nSPS) is 12.9. The van der Waals surface area contributed by atoms with Crippen LogP contribution < -0.4 is 10.6 Å². The molecule has 0 aliphatic carbocycles. The molecule has 1 aliphatic rings. The lowest BCUT2D eigenvalue weighted by atomic mass is 10.1. The minimum atomic E-state index is -0.192. The van der Waals surface area contributed by atoms with Crippen molar-refractivity contribution in [3.05, 3.63) is 36.4 Å². The third-order valence-electron chi connectivity index (χ3n) is 2.79. The van der Waals surface area contributed by atoms with E-state index in [-0.39, 0.29) is 18.4 Å². The molecule has 0 radical (unpaired) electrons. The molecule has 2 amide bonds. The first-order valence-corrected chi connectivity index (χ1v) is 5.76. The van der Waals surface area contributed by atoms with Crippen LogP contribution in [-0.4, -0.2) is 26.6 Å². The minimum absolute atomic E-state index is 0.0268. The van der Waals surface area contributed by atoms with Crippen LogP contribution in [0, 0.1) is 0 Å². The fourth-order valence-electron chi connectivity index (χ4n) is 1.97. The van der Waals surface area contributed by atoms with Crippen molar-refractivity contribution in [3.8, 4) is 0 Å². The van der Waals surface area contributed by atoms with E-state index in [4.69, 9.17) is 0 Å². The Labute approximate surface area is 108 Å². The number of hydrogen-bond acceptors (Lipinski definition) is 4. The van der Waals surface area contributed by atoms with Crippen molar-refractivity contribution >= 4 is 23.2 Å². The molecule has 2 N–H and O–H groups in total. The van der Waals surface area contributed by atoms with Crippen LogP contribution >= 0.6 is 0 Å². The van der Waals surface area contributed by atoms with Gasteiger partial charge in [-0.25, -0.2) is 9.67 Å². The number of hydrogen-bond donors (Lipinski definition) is 2. The van der Waals surface area contributed by atoms with Crippen molar-refractivity contribution in [1.29, 1.82) is 0 Å². The van der Waals surface area contributed by atoms with Gasteiger partial charge in [0.2, 0.25) is 11.8 Å². The van der Waals surface area contributed by atoms with Crippen LogP contribution in [0.5, 0.6) is 0 Å². The Kier molecular flexibility index (Phi) is 2.71. The molecule has 0 atom stereocenters. The van der Waals surface area contributed by atoms with Gasteiger partial charge in [0, 0.05) is 11.4 Å². The van der Waals surface area contributed by atoms with E-state index in [1.54, 1.807) is 18.2 Å². The van der Waals surface area contributed by atoms with Crippen molar-refractivity contribution in [3.63, 3.8) is 0 Å². The van der Waals surface area contributed by atoms with Crippen LogP contribution in [0.1, 0.15) is 5.56 Å². The molecular formula is C12H11N5O2. The van der Waals surface area contributed by atoms with E-state index in [2.05, 4.69) is 20.7 Å². The van der Waals surface area contributed by atoms with Crippen LogP contribution in [0.25, 0.3) is 0 Å². The highest BCUT2D eigenvalue weighted by Gasteiger charge is 2.17. The van der Waals surface area contributed by atoms with Crippen molar-refractivity contribution in [2.24, 2.45) is 0 Å². The predicted octanol–water partition coefficient (Wildman–Crippen LogP) is 0.411. The smallest absolute Gasteiger partial charge is 0.246 e. The second-order valence-electron chi connectivity index (χ2n) is 4.24. The van der Waals surface area contributed by atoms with Crippen molar-refractivity contribution in [2.45, 2.75) is 13.0 Å². The highest BCUT2D eigenvalue weighted by Crippen LogP contribution is 2.25. The molecular weight excluding hydrogens is 246 g/mol. The van der Waals surface area contributed by atoms with Crippen LogP contribution in [-0.2, 0) is 22.6 Å². The molecule has 0 bridgehead atoms. The van der Waals surface area contributed by atoms with Gasteiger partial charge in [-0.05, 0) is 23.8 Å². The average Bonchev–Trinajstić information content (AvgIpc) is 2.96. The highest BCUT2D eigenvalue weighted by molar-refractivity contribution is 6.00. The van der Waals surface area contributed by atoms with E-state index < -0.39 is 0 Å². The molecule has 2 heterocycles. The average molecular weight is 257 g/mol. The summed E-state index contributed by atoms with van der Waals surface area (Å²) in [4.78, 5) is 26.8. The minimum Gasteiger partial charge on any atom is -0.326 e. The van der Waals surface area contributed by atoms with Gasteiger partial charge in [0.25, 0.3) is 0 Å². The number of aromatic nitrogens is 3. The van der Waals surface area contributed by atoms with E-state index in [1.807, 2.05) is 0 Å². The number of nitrogens with one attached hydrogen (secondary N) is 2. The van der Waals surface area contributed by atoms with Gasteiger partial charge in [0.05, 0.1) is 6.42 Å². The number of carbonyl (C=O) groups is 2. The number of fused-ring (bicyclic) bond motifs is 1. The zero-order chi connectivity index (χ0) is 13.2. The van der Waals surface area contributed by atoms with Gasteiger partial charge in [-0.3, -0.25) is 9.59 Å². The van der Waals surface area contributed by atoms with E-state index >= 15 is 0 Å². The van der Waals surface area contributed by atoms with Crippen LogP contribution in [0.15, 0.2) is 30.9 Å². The molecule has 1 aromatic heterocycles. The van der Waals surface area contributed by atoms with Gasteiger partial charge < -0.3 is 10.6 Å². The monoisotopic (exact) mass is 257 g/mol. The third-order valence-corrected chi connectivity index (χ3v) is 2.79.